The lowest BCUT2D eigenvalue weighted by Gasteiger charge is -2.04. The van der Waals surface area contributed by atoms with Gasteiger partial charge in [-0.1, -0.05) is 12.2 Å². The van der Waals surface area contributed by atoms with Crippen LogP contribution in [0.2, 0.25) is 0 Å². The van der Waals surface area contributed by atoms with E-state index < -0.39 is 0 Å². The number of ketones is 1. The normalized spacial score (nSPS) is 49.8. The van der Waals surface area contributed by atoms with Crippen LogP contribution in [0.25, 0.3) is 0 Å². The zero-order valence-corrected chi connectivity index (χ0v) is 7.01. The summed E-state index contributed by atoms with van der Waals surface area (Å²) in [5.41, 5.74) is -0.367. The number of epoxide rings is 1. The summed E-state index contributed by atoms with van der Waals surface area (Å²) in [4.78, 5) is 11.6. The lowest BCUT2D eigenvalue weighted by Crippen LogP contribution is -2.24. The third-order valence-electron chi connectivity index (χ3n) is 3.56. The number of allylic oxidation sites excluding steroid dienone is 1. The van der Waals surface area contributed by atoms with Gasteiger partial charge in [0.25, 0.3) is 0 Å². The molecule has 2 heteroatoms. The zero-order chi connectivity index (χ0) is 8.23. The molecule has 0 aromatic carbocycles. The van der Waals surface area contributed by atoms with E-state index >= 15 is 0 Å². The fourth-order valence-corrected chi connectivity index (χ4v) is 2.79. The molecule has 0 radical (unpaired) electrons. The van der Waals surface area contributed by atoms with E-state index in [2.05, 4.69) is 12.2 Å². The first-order chi connectivity index (χ1) is 5.79. The van der Waals surface area contributed by atoms with E-state index in [1.807, 2.05) is 0 Å². The Bertz CT molecular complexity index is 278. The first-order valence-electron chi connectivity index (χ1n) is 4.68. The molecule has 0 N–H and O–H groups in total. The summed E-state index contributed by atoms with van der Waals surface area (Å²) in [6, 6.07) is 0. The van der Waals surface area contributed by atoms with Gasteiger partial charge in [0, 0.05) is 12.8 Å². The van der Waals surface area contributed by atoms with Crippen LogP contribution in [0, 0.1) is 0 Å². The van der Waals surface area contributed by atoms with Crippen molar-refractivity contribution in [1.82, 2.24) is 0 Å². The van der Waals surface area contributed by atoms with E-state index in [1.54, 1.807) is 0 Å². The van der Waals surface area contributed by atoms with Gasteiger partial charge in [0.2, 0.25) is 0 Å². The summed E-state index contributed by atoms with van der Waals surface area (Å²) in [5.74, 6) is 0.342. The highest BCUT2D eigenvalue weighted by atomic mass is 16.6. The Morgan fingerprint density at radius 2 is 2.25 bits per heavy atom. The molecule has 1 saturated carbocycles. The second-order valence-corrected chi connectivity index (χ2v) is 4.06. The highest BCUT2D eigenvalue weighted by Gasteiger charge is 2.76. The Morgan fingerprint density at radius 1 is 1.33 bits per heavy atom. The molecule has 0 unspecified atom stereocenters. The molecule has 3 rings (SSSR count). The minimum atomic E-state index is -0.347. The smallest absolute Gasteiger partial charge is 0.168 e. The van der Waals surface area contributed by atoms with Gasteiger partial charge in [-0.2, -0.15) is 0 Å². The topological polar surface area (TPSA) is 29.6 Å². The van der Waals surface area contributed by atoms with Crippen molar-refractivity contribution < 1.29 is 9.53 Å². The van der Waals surface area contributed by atoms with Crippen LogP contribution < -0.4 is 0 Å². The average molecular weight is 164 g/mol. The van der Waals surface area contributed by atoms with E-state index in [0.29, 0.717) is 5.78 Å². The fraction of sp³-hybridized carbons (Fsp3) is 0.700. The van der Waals surface area contributed by atoms with Crippen LogP contribution in [-0.4, -0.2) is 17.0 Å². The van der Waals surface area contributed by atoms with Crippen LogP contribution >= 0.6 is 0 Å². The Balaban J connectivity index is 2.02. The summed E-state index contributed by atoms with van der Waals surface area (Å²) in [6.07, 6.45) is 8.95. The van der Waals surface area contributed by atoms with Gasteiger partial charge in [0.1, 0.15) is 5.60 Å². The number of carbonyl (C=O) groups excluding carboxylic acids is 1. The molecule has 2 atom stereocenters. The Kier molecular flexibility index (Phi) is 1.04. The number of rotatable bonds is 0. The second kappa shape index (κ2) is 1.82. The molecule has 2 nitrogen and oxygen atoms in total. The highest BCUT2D eigenvalue weighted by molar-refractivity contribution is 5.95. The average Bonchev–Trinajstić information content (AvgIpc) is 2.64. The first kappa shape index (κ1) is 6.84. The quantitative estimate of drug-likeness (QED) is 0.402. The summed E-state index contributed by atoms with van der Waals surface area (Å²) in [6.45, 7) is 0. The molecule has 0 bridgehead atoms. The highest BCUT2D eigenvalue weighted by Crippen LogP contribution is 2.62. The maximum absolute atomic E-state index is 11.6. The maximum Gasteiger partial charge on any atom is 0.168 e. The number of hydrogen-bond donors (Lipinski definition) is 0. The van der Waals surface area contributed by atoms with E-state index in [1.165, 1.54) is 0 Å². The number of hydrogen-bond acceptors (Lipinski definition) is 2. The van der Waals surface area contributed by atoms with Crippen molar-refractivity contribution in [3.05, 3.63) is 12.2 Å². The van der Waals surface area contributed by atoms with Gasteiger partial charge in [-0.25, -0.2) is 0 Å². The number of Topliss-reactive ketones (excluding diaryl/α,β-unsaturated/α-hetero) is 1. The molecule has 0 aromatic rings. The van der Waals surface area contributed by atoms with E-state index in [-0.39, 0.29) is 11.2 Å². The summed E-state index contributed by atoms with van der Waals surface area (Å²) < 4.78 is 5.68. The molecule has 1 aliphatic heterocycles. The molecule has 0 amide bonds. The van der Waals surface area contributed by atoms with Gasteiger partial charge < -0.3 is 4.74 Å². The molecule has 0 spiro atoms. The van der Waals surface area contributed by atoms with Crippen LogP contribution in [0.5, 0.6) is 0 Å². The van der Waals surface area contributed by atoms with Gasteiger partial charge in [-0.3, -0.25) is 4.79 Å². The molecule has 3 aliphatic rings. The van der Waals surface area contributed by atoms with E-state index in [9.17, 15) is 4.79 Å². The predicted octanol–water partition coefficient (Wildman–Crippen LogP) is 1.60. The maximum atomic E-state index is 11.6. The summed E-state index contributed by atoms with van der Waals surface area (Å²) in [7, 11) is 0. The van der Waals surface area contributed by atoms with E-state index in [4.69, 9.17) is 4.74 Å². The Hall–Kier alpha value is -0.630. The fourth-order valence-electron chi connectivity index (χ4n) is 2.79. The van der Waals surface area contributed by atoms with Crippen molar-refractivity contribution in [2.24, 2.45) is 0 Å². The molecule has 12 heavy (non-hydrogen) atoms. The van der Waals surface area contributed by atoms with Gasteiger partial charge in [-0.05, 0) is 19.3 Å². The number of carbonyl (C=O) groups is 1. The molecule has 1 saturated heterocycles. The van der Waals surface area contributed by atoms with Crippen LogP contribution in [-0.2, 0) is 9.53 Å². The summed E-state index contributed by atoms with van der Waals surface area (Å²) in [5, 5.41) is 0. The Morgan fingerprint density at radius 3 is 3.17 bits per heavy atom. The first-order valence-corrected chi connectivity index (χ1v) is 4.68. The number of ether oxygens (including phenoxy) is 1. The van der Waals surface area contributed by atoms with Crippen molar-refractivity contribution in [3.63, 3.8) is 0 Å². The second-order valence-electron chi connectivity index (χ2n) is 4.06. The zero-order valence-electron chi connectivity index (χ0n) is 7.01. The molecular formula is C10H12O2. The minimum absolute atomic E-state index is 0.0203. The van der Waals surface area contributed by atoms with Gasteiger partial charge >= 0.3 is 0 Å². The van der Waals surface area contributed by atoms with Gasteiger partial charge in [0.05, 0.1) is 0 Å². The van der Waals surface area contributed by atoms with Crippen LogP contribution in [0.3, 0.4) is 0 Å². The summed E-state index contributed by atoms with van der Waals surface area (Å²) >= 11 is 0. The van der Waals surface area contributed by atoms with Crippen molar-refractivity contribution in [3.8, 4) is 0 Å². The van der Waals surface area contributed by atoms with Crippen molar-refractivity contribution in [2.75, 3.05) is 0 Å². The predicted molar refractivity (Wildman–Crippen MR) is 43.8 cm³/mol. The van der Waals surface area contributed by atoms with Crippen molar-refractivity contribution >= 4 is 5.78 Å². The molecular weight excluding hydrogens is 152 g/mol. The standard InChI is InChI=1S/C10H12O2/c11-8-4-7-9-5-2-1-3-6-10(8,9)12-9/h1,3H,2,4-7H2/t9-,10+/m1/s1. The third kappa shape index (κ3) is 0.556. The van der Waals surface area contributed by atoms with E-state index in [0.717, 1.165) is 32.1 Å². The lowest BCUT2D eigenvalue weighted by atomic mass is 9.91. The monoisotopic (exact) mass is 164 g/mol. The van der Waals surface area contributed by atoms with Crippen molar-refractivity contribution in [2.45, 2.75) is 43.3 Å². The molecule has 0 aromatic heterocycles. The molecule has 1 heterocycles. The van der Waals surface area contributed by atoms with Crippen LogP contribution in [0.15, 0.2) is 12.2 Å². The van der Waals surface area contributed by atoms with Gasteiger partial charge in [0.15, 0.2) is 11.4 Å². The van der Waals surface area contributed by atoms with Crippen LogP contribution in [0.1, 0.15) is 32.1 Å². The largest absolute Gasteiger partial charge is 0.354 e. The third-order valence-corrected chi connectivity index (χ3v) is 3.56. The van der Waals surface area contributed by atoms with Crippen molar-refractivity contribution in [1.29, 1.82) is 0 Å². The molecule has 2 fully saturated rings. The molecule has 2 aliphatic carbocycles. The lowest BCUT2D eigenvalue weighted by molar-refractivity contribution is -0.123. The van der Waals surface area contributed by atoms with Gasteiger partial charge in [-0.15, -0.1) is 0 Å². The SMILES string of the molecule is O=C1CC[C@]23CCC=CC[C@]12O3. The minimum Gasteiger partial charge on any atom is -0.354 e. The molecule has 64 valence electrons. The Labute approximate surface area is 71.6 Å². The van der Waals surface area contributed by atoms with Crippen LogP contribution in [0.4, 0.5) is 0 Å².